The molecule has 7 aliphatic rings. The Morgan fingerprint density at radius 2 is 0.941 bits per heavy atom. The lowest BCUT2D eigenvalue weighted by Gasteiger charge is -2.22. The highest BCUT2D eigenvalue weighted by Crippen LogP contribution is 2.61. The first kappa shape index (κ1) is 112. The number of amides is 1. The highest BCUT2D eigenvalue weighted by molar-refractivity contribution is 8.20. The van der Waals surface area contributed by atoms with Gasteiger partial charge in [0.25, 0.3) is 23.5 Å². The van der Waals surface area contributed by atoms with Crippen molar-refractivity contribution in [2.24, 2.45) is 23.1 Å². The van der Waals surface area contributed by atoms with Crippen molar-refractivity contribution in [3.63, 3.8) is 0 Å². The fraction of sp³-hybridized carbons (Fsp3) is 0.494. The SMILES string of the molecule is CCOC(=O)CCN.CCOC(=O)Cn1nc(C(F)(F)F)c2c1CCC2(F)F.CCOC(=O)Cn1nc(C(F)(F)F)c2c1CCC21SCCS1.CCOC(=O)Cn1nc(C(F)(F)F)c2c1CCC2=O.NC(=O)c1cc(-c2cccnc2[C@@H](N)Cc2cc(F)cc(F)c2)ccc1F.O.O=C(O)Cn1nc(C(F)(F)F)c2c1CCC2(F)F.O=C1CCC(=O)C1.O=C1CCC(=O)C1C(=O)C(F)(F)F. The zero-order valence-electron chi connectivity index (χ0n) is 71.1. The minimum absolute atomic E-state index is 0. The van der Waals surface area contributed by atoms with Crippen LogP contribution in [0.4, 0.5) is 96.6 Å². The summed E-state index contributed by atoms with van der Waals surface area (Å²) in [5.74, 6) is -18.8. The van der Waals surface area contributed by atoms with Crippen molar-refractivity contribution in [3.8, 4) is 11.1 Å². The molecule has 9 N–H and O–H groups in total. The van der Waals surface area contributed by atoms with Crippen LogP contribution in [0.25, 0.3) is 11.1 Å². The van der Waals surface area contributed by atoms with Gasteiger partial charge < -0.3 is 46.7 Å². The van der Waals surface area contributed by atoms with Crippen LogP contribution in [-0.2, 0) is 166 Å². The Labute approximate surface area is 757 Å². The summed E-state index contributed by atoms with van der Waals surface area (Å²) in [7, 11) is 0. The molecule has 6 aliphatic carbocycles. The molecule has 54 heteroatoms. The number of ketones is 6. The molecule has 2 saturated carbocycles. The molecule has 135 heavy (non-hydrogen) atoms. The van der Waals surface area contributed by atoms with Gasteiger partial charge in [-0.3, -0.25) is 81.2 Å². The second kappa shape index (κ2) is 46.7. The molecule has 0 unspecified atom stereocenters. The van der Waals surface area contributed by atoms with E-state index >= 15 is 0 Å². The van der Waals surface area contributed by atoms with Crippen LogP contribution in [0.15, 0.2) is 54.7 Å². The van der Waals surface area contributed by atoms with E-state index in [0.717, 1.165) is 28.3 Å². The van der Waals surface area contributed by atoms with E-state index in [0.29, 0.717) is 82.7 Å². The van der Waals surface area contributed by atoms with Crippen LogP contribution in [0, 0.1) is 23.4 Å². The Bertz CT molecular complexity index is 5450. The summed E-state index contributed by atoms with van der Waals surface area (Å²) < 4.78 is 306. The second-order valence-electron chi connectivity index (χ2n) is 29.3. The third-order valence-electron chi connectivity index (χ3n) is 19.8. The molecule has 0 bridgehead atoms. The smallest absolute Gasteiger partial charge is 0.451 e. The molecule has 742 valence electrons. The van der Waals surface area contributed by atoms with Crippen molar-refractivity contribution in [3.05, 3.63) is 157 Å². The van der Waals surface area contributed by atoms with Gasteiger partial charge in [0.1, 0.15) is 61.1 Å². The van der Waals surface area contributed by atoms with Crippen molar-refractivity contribution in [2.45, 2.75) is 203 Å². The molecule has 1 saturated heterocycles. The van der Waals surface area contributed by atoms with Crippen LogP contribution in [-0.4, -0.2) is 176 Å². The topological polar surface area (TPSA) is 456 Å². The predicted octanol–water partition coefficient (Wildman–Crippen LogP) is 12.7. The summed E-state index contributed by atoms with van der Waals surface area (Å²) in [6.07, 6.45) is -22.4. The van der Waals surface area contributed by atoms with Crippen molar-refractivity contribution in [2.75, 3.05) is 44.5 Å². The minimum atomic E-state index is -5.10. The number of nitrogens with zero attached hydrogens (tertiary/aromatic N) is 9. The second-order valence-corrected chi connectivity index (χ2v) is 32.3. The highest BCUT2D eigenvalue weighted by Gasteiger charge is 2.56. The summed E-state index contributed by atoms with van der Waals surface area (Å²) >= 11 is 3.12. The van der Waals surface area contributed by atoms with Gasteiger partial charge in [0.05, 0.1) is 83.0 Å². The number of hydrogen-bond donors (Lipinski definition) is 4. The van der Waals surface area contributed by atoms with Crippen molar-refractivity contribution in [1.82, 2.24) is 44.1 Å². The molecule has 6 heterocycles. The van der Waals surface area contributed by atoms with E-state index < -0.39 is 201 Å². The molecule has 0 radical (unpaired) electrons. The molecular formula is C81H84F22N12O18S2. The van der Waals surface area contributed by atoms with Crippen molar-refractivity contribution in [1.29, 1.82) is 0 Å². The van der Waals surface area contributed by atoms with Crippen molar-refractivity contribution >= 4 is 94.0 Å². The molecule has 7 aromatic rings. The molecule has 1 aliphatic heterocycles. The number of fused-ring (bicyclic) bond motifs is 5. The Hall–Kier alpha value is -11.7. The van der Waals surface area contributed by atoms with E-state index in [9.17, 15) is 154 Å². The van der Waals surface area contributed by atoms with Crippen LogP contribution in [0.5, 0.6) is 0 Å². The molecule has 2 aromatic carbocycles. The first-order valence-electron chi connectivity index (χ1n) is 40.0. The first-order valence-corrected chi connectivity index (χ1v) is 42.0. The third kappa shape index (κ3) is 29.4. The quantitative estimate of drug-likeness (QED) is 0.0238. The number of hydrogen-bond acceptors (Lipinski definition) is 25. The first-order chi connectivity index (χ1) is 62.3. The van der Waals surface area contributed by atoms with Crippen LogP contribution in [0.1, 0.15) is 192 Å². The molecule has 5 aromatic heterocycles. The number of rotatable bonds is 20. The summed E-state index contributed by atoms with van der Waals surface area (Å²) in [5.41, 5.74) is 10.4. The van der Waals surface area contributed by atoms with Crippen LogP contribution in [0.3, 0.4) is 0 Å². The summed E-state index contributed by atoms with van der Waals surface area (Å²) in [6.45, 7) is 5.59. The van der Waals surface area contributed by atoms with Crippen LogP contribution in [0.2, 0.25) is 0 Å². The number of aliphatic carboxylic acids is 1. The fourth-order valence-corrected chi connectivity index (χ4v) is 17.7. The zero-order chi connectivity index (χ0) is 100. The lowest BCUT2D eigenvalue weighted by molar-refractivity contribution is -0.176. The van der Waals surface area contributed by atoms with E-state index in [1.54, 1.807) is 56.4 Å². The molecule has 1 spiro atoms. The number of thioether (sulfide) groups is 2. The Balaban J connectivity index is 0.000000243. The Morgan fingerprint density at radius 3 is 1.35 bits per heavy atom. The van der Waals surface area contributed by atoms with Gasteiger partial charge >= 0.3 is 60.7 Å². The maximum absolute atomic E-state index is 13.7. The maximum atomic E-state index is 13.7. The number of aromatic nitrogens is 9. The van der Waals surface area contributed by atoms with Gasteiger partial charge in [0, 0.05) is 103 Å². The van der Waals surface area contributed by atoms with E-state index in [2.05, 4.69) is 39.6 Å². The monoisotopic (exact) mass is 1990 g/mol. The summed E-state index contributed by atoms with van der Waals surface area (Å²) in [5, 5.41) is 21.7. The molecular weight excluding hydrogens is 1910 g/mol. The van der Waals surface area contributed by atoms with Gasteiger partial charge in [0.15, 0.2) is 40.1 Å². The summed E-state index contributed by atoms with van der Waals surface area (Å²) in [6, 6.07) is 9.84. The van der Waals surface area contributed by atoms with E-state index in [1.807, 2.05) is 0 Å². The Morgan fingerprint density at radius 1 is 0.526 bits per heavy atom. The number of Topliss-reactive ketones (excluding diaryl/α,β-unsaturated/α-hetero) is 6. The van der Waals surface area contributed by atoms with Crippen molar-refractivity contribution < 1.29 is 184 Å². The number of ether oxygens (including phenoxy) is 4. The largest absolute Gasteiger partial charge is 0.480 e. The van der Waals surface area contributed by atoms with E-state index in [-0.39, 0.29) is 129 Å². The number of primary amides is 1. The number of carbonyl (C=O) groups excluding carboxylic acids is 11. The number of carboxylic acid groups (broad SMARTS) is 1. The molecule has 30 nitrogen and oxygen atoms in total. The van der Waals surface area contributed by atoms with Gasteiger partial charge in [-0.1, -0.05) is 12.1 Å². The average Bonchev–Trinajstić information content (AvgIpc) is 1.56. The lowest BCUT2D eigenvalue weighted by atomic mass is 9.95. The average molecular weight is 2000 g/mol. The normalized spacial score (nSPS) is 16.1. The number of alkyl halides is 19. The summed E-state index contributed by atoms with van der Waals surface area (Å²) in [4.78, 5) is 135. The zero-order valence-corrected chi connectivity index (χ0v) is 72.7. The predicted molar refractivity (Wildman–Crippen MR) is 425 cm³/mol. The molecule has 1 atom stereocenters. The molecule has 1 amide bonds. The number of carboxylic acids is 1. The number of esters is 4. The van der Waals surface area contributed by atoms with E-state index in [4.69, 9.17) is 27.0 Å². The number of nitrogens with two attached hydrogens (primary N) is 3. The maximum Gasteiger partial charge on any atom is 0.451 e. The van der Waals surface area contributed by atoms with Crippen LogP contribution >= 0.6 is 23.5 Å². The number of halogens is 22. The third-order valence-corrected chi connectivity index (χ3v) is 23.3. The van der Waals surface area contributed by atoms with Gasteiger partial charge in [-0.15, -0.1) is 23.5 Å². The number of benzene rings is 2. The van der Waals surface area contributed by atoms with Gasteiger partial charge in [-0.2, -0.15) is 86.3 Å². The standard InChI is InChI=1S/C20H16F3N3O.C13H15F3N2O2S2.C11H11F5N2O2.C11H11F3N2O3.C9H7F5N2O2.C7H5F3O3.C5H11NO2.C5H6O2.H2O/c21-13-6-11(7-14(22)10-13)8-18(24)19-15(2-1-5-26-19)12-3-4-17(23)16(9-12)20(25)27;1-2-20-9(19)7-18-8-3-4-12(21-5-6-22-12)10(8)11(17-18)13(14,15)16;1-2-20-7(19)5-18-6-3-4-10(12,13)8(6)9(17-18)11(14,15)16;1-2-19-8(18)5-16-6-3-4-7(17)9(6)10(15-16)11(12,13)14;10-8(11)2-1-4-6(8)7(9(12,13)14)15-16(4)3-5(17)18;8-7(9,10)6(13)5-3(11)1-2-4(5)12;1-2-8-5(7)3-4-6;6-4-1-2-5(7)3-4;/h1-7,9-10,18H,8,24H2,(H2,25,27);2-7H2,1H3;2-5H2,1H3;2-5H2,1H3;1-3H2,(H,17,18);5H,1-2H2;2-4,6H2,1H3;1-3H2;1H2/t18-;;;;;;;;/m0......../s1. The highest BCUT2D eigenvalue weighted by atomic mass is 32.2. The lowest BCUT2D eigenvalue weighted by Crippen LogP contribution is -2.36. The minimum Gasteiger partial charge on any atom is -0.480 e. The molecule has 14 rings (SSSR count). The number of carbonyl (C=O) groups is 12. The van der Waals surface area contributed by atoms with Gasteiger partial charge in [-0.05, 0) is 108 Å². The molecule has 3 fully saturated rings. The Kier molecular flexibility index (Phi) is 38.8. The van der Waals surface area contributed by atoms with Crippen LogP contribution < -0.4 is 17.2 Å². The van der Waals surface area contributed by atoms with E-state index in [1.165, 1.54) is 42.1 Å². The number of pyridine rings is 1. The fourth-order valence-electron chi connectivity index (χ4n) is 14.3. The van der Waals surface area contributed by atoms with Gasteiger partial charge in [0.2, 0.25) is 0 Å². The van der Waals surface area contributed by atoms with Gasteiger partial charge in [-0.25, -0.2) is 30.7 Å².